The van der Waals surface area contributed by atoms with Gasteiger partial charge in [0.2, 0.25) is 0 Å². The highest BCUT2D eigenvalue weighted by molar-refractivity contribution is 5.92. The summed E-state index contributed by atoms with van der Waals surface area (Å²) in [7, 11) is 0. The topological polar surface area (TPSA) is 75.8 Å². The number of rotatable bonds is 3. The molecule has 1 aromatic rings. The Morgan fingerprint density at radius 1 is 1.47 bits per heavy atom. The summed E-state index contributed by atoms with van der Waals surface area (Å²) in [6, 6.07) is 5.17. The van der Waals surface area contributed by atoms with Crippen molar-refractivity contribution in [1.82, 2.24) is 0 Å². The summed E-state index contributed by atoms with van der Waals surface area (Å²) < 4.78 is 4.99. The standard InChI is InChI=1S/C14H20N2O3/c1-2-19-14(18)10-3-4-12(15)13(9-10)16-7-5-11(17)6-8-16/h3-4,9,11,17H,2,5-8,15H2,1H3. The number of aliphatic hydroxyl groups is 1. The van der Waals surface area contributed by atoms with Gasteiger partial charge in [-0.25, -0.2) is 4.79 Å². The maximum atomic E-state index is 11.7. The highest BCUT2D eigenvalue weighted by Gasteiger charge is 2.20. The van der Waals surface area contributed by atoms with Crippen molar-refractivity contribution >= 4 is 17.3 Å². The van der Waals surface area contributed by atoms with Crippen LogP contribution in [0.5, 0.6) is 0 Å². The number of nitrogens with two attached hydrogens (primary N) is 1. The Bertz CT molecular complexity index is 454. The van der Waals surface area contributed by atoms with Crippen molar-refractivity contribution in [3.8, 4) is 0 Å². The average Bonchev–Trinajstić information content (AvgIpc) is 2.41. The fourth-order valence-corrected chi connectivity index (χ4v) is 2.27. The first-order chi connectivity index (χ1) is 9.11. The van der Waals surface area contributed by atoms with Crippen LogP contribution in [0.25, 0.3) is 0 Å². The van der Waals surface area contributed by atoms with E-state index in [1.54, 1.807) is 25.1 Å². The lowest BCUT2D eigenvalue weighted by atomic mass is 10.1. The number of hydrogen-bond acceptors (Lipinski definition) is 5. The average molecular weight is 264 g/mol. The predicted molar refractivity (Wildman–Crippen MR) is 74.3 cm³/mol. The van der Waals surface area contributed by atoms with Gasteiger partial charge < -0.3 is 20.5 Å². The maximum Gasteiger partial charge on any atom is 0.338 e. The molecule has 1 aliphatic heterocycles. The summed E-state index contributed by atoms with van der Waals surface area (Å²) in [5.41, 5.74) is 7.97. The fourth-order valence-electron chi connectivity index (χ4n) is 2.27. The third-order valence-corrected chi connectivity index (χ3v) is 3.35. The van der Waals surface area contributed by atoms with E-state index in [0.29, 0.717) is 17.9 Å². The third kappa shape index (κ3) is 3.17. The first-order valence-electron chi connectivity index (χ1n) is 6.61. The van der Waals surface area contributed by atoms with Gasteiger partial charge in [0.1, 0.15) is 0 Å². The van der Waals surface area contributed by atoms with Crippen molar-refractivity contribution in [2.24, 2.45) is 0 Å². The highest BCUT2D eigenvalue weighted by atomic mass is 16.5. The number of nitrogen functional groups attached to an aromatic ring is 1. The van der Waals surface area contributed by atoms with Crippen molar-refractivity contribution in [2.45, 2.75) is 25.9 Å². The van der Waals surface area contributed by atoms with Gasteiger partial charge in [0.15, 0.2) is 0 Å². The molecule has 2 rings (SSSR count). The molecule has 3 N–H and O–H groups in total. The summed E-state index contributed by atoms with van der Waals surface area (Å²) in [5, 5.41) is 9.52. The SMILES string of the molecule is CCOC(=O)c1ccc(N)c(N2CCC(O)CC2)c1. The normalized spacial score (nSPS) is 16.4. The van der Waals surface area contributed by atoms with Crippen molar-refractivity contribution < 1.29 is 14.6 Å². The number of nitrogens with zero attached hydrogens (tertiary/aromatic N) is 1. The molecule has 1 aliphatic rings. The fraction of sp³-hybridized carbons (Fsp3) is 0.500. The second-order valence-electron chi connectivity index (χ2n) is 4.71. The molecule has 5 nitrogen and oxygen atoms in total. The Balaban J connectivity index is 2.19. The number of carbonyl (C=O) groups excluding carboxylic acids is 1. The van der Waals surface area contributed by atoms with Gasteiger partial charge in [-0.1, -0.05) is 0 Å². The molecular formula is C14H20N2O3. The van der Waals surface area contributed by atoms with E-state index in [9.17, 15) is 9.90 Å². The van der Waals surface area contributed by atoms with Crippen molar-refractivity contribution in [1.29, 1.82) is 0 Å². The van der Waals surface area contributed by atoms with Crippen molar-refractivity contribution in [2.75, 3.05) is 30.3 Å². The molecular weight excluding hydrogens is 244 g/mol. The number of benzene rings is 1. The minimum Gasteiger partial charge on any atom is -0.462 e. The van der Waals surface area contributed by atoms with Gasteiger partial charge in [-0.05, 0) is 38.0 Å². The monoisotopic (exact) mass is 264 g/mol. The van der Waals surface area contributed by atoms with E-state index < -0.39 is 0 Å². The largest absolute Gasteiger partial charge is 0.462 e. The van der Waals surface area contributed by atoms with E-state index in [0.717, 1.165) is 31.6 Å². The van der Waals surface area contributed by atoms with E-state index in [-0.39, 0.29) is 12.1 Å². The second-order valence-corrected chi connectivity index (χ2v) is 4.71. The molecule has 0 aliphatic carbocycles. The van der Waals surface area contributed by atoms with Gasteiger partial charge in [0.05, 0.1) is 29.6 Å². The lowest BCUT2D eigenvalue weighted by Gasteiger charge is -2.32. The molecule has 0 saturated carbocycles. The van der Waals surface area contributed by atoms with E-state index in [1.807, 2.05) is 0 Å². The lowest BCUT2D eigenvalue weighted by molar-refractivity contribution is 0.0526. The number of esters is 1. The molecule has 1 saturated heterocycles. The molecule has 104 valence electrons. The van der Waals surface area contributed by atoms with Gasteiger partial charge in [0, 0.05) is 13.1 Å². The first kappa shape index (κ1) is 13.7. The van der Waals surface area contributed by atoms with Crippen LogP contribution in [0.1, 0.15) is 30.1 Å². The third-order valence-electron chi connectivity index (χ3n) is 3.35. The van der Waals surface area contributed by atoms with Crippen molar-refractivity contribution in [3.05, 3.63) is 23.8 Å². The van der Waals surface area contributed by atoms with Crippen molar-refractivity contribution in [3.63, 3.8) is 0 Å². The molecule has 1 heterocycles. The Morgan fingerprint density at radius 2 is 2.16 bits per heavy atom. The van der Waals surface area contributed by atoms with Crippen LogP contribution in [0.15, 0.2) is 18.2 Å². The molecule has 0 unspecified atom stereocenters. The Hall–Kier alpha value is -1.75. The predicted octanol–water partition coefficient (Wildman–Crippen LogP) is 1.41. The van der Waals surface area contributed by atoms with Crippen LogP contribution in [0.3, 0.4) is 0 Å². The zero-order valence-electron chi connectivity index (χ0n) is 11.1. The maximum absolute atomic E-state index is 11.7. The minimum atomic E-state index is -0.333. The van der Waals surface area contributed by atoms with Gasteiger partial charge >= 0.3 is 5.97 Å². The molecule has 19 heavy (non-hydrogen) atoms. The van der Waals surface area contributed by atoms with Gasteiger partial charge in [0.25, 0.3) is 0 Å². The number of aliphatic hydroxyl groups excluding tert-OH is 1. The van der Waals surface area contributed by atoms with E-state index >= 15 is 0 Å². The van der Waals surface area contributed by atoms with Crippen LogP contribution in [-0.4, -0.2) is 36.9 Å². The Labute approximate surface area is 113 Å². The summed E-state index contributed by atoms with van der Waals surface area (Å²) >= 11 is 0. The molecule has 0 aromatic heterocycles. The quantitative estimate of drug-likeness (QED) is 0.637. The summed E-state index contributed by atoms with van der Waals surface area (Å²) in [6.45, 7) is 3.63. The number of carbonyl (C=O) groups is 1. The summed E-state index contributed by atoms with van der Waals surface area (Å²) in [6.07, 6.45) is 1.22. The lowest BCUT2D eigenvalue weighted by Crippen LogP contribution is -2.36. The highest BCUT2D eigenvalue weighted by Crippen LogP contribution is 2.27. The zero-order chi connectivity index (χ0) is 13.8. The Kier molecular flexibility index (Phi) is 4.27. The smallest absolute Gasteiger partial charge is 0.338 e. The minimum absolute atomic E-state index is 0.231. The van der Waals surface area contributed by atoms with Crippen LogP contribution in [-0.2, 0) is 4.74 Å². The van der Waals surface area contributed by atoms with Crippen LogP contribution >= 0.6 is 0 Å². The van der Waals surface area contributed by atoms with E-state index in [4.69, 9.17) is 10.5 Å². The van der Waals surface area contributed by atoms with Gasteiger partial charge in [-0.3, -0.25) is 0 Å². The molecule has 0 radical (unpaired) electrons. The Morgan fingerprint density at radius 3 is 2.79 bits per heavy atom. The van der Waals surface area contributed by atoms with Crippen LogP contribution in [0, 0.1) is 0 Å². The number of anilines is 2. The number of piperidine rings is 1. The summed E-state index contributed by atoms with van der Waals surface area (Å²) in [5.74, 6) is -0.333. The number of hydrogen-bond donors (Lipinski definition) is 2. The molecule has 5 heteroatoms. The second kappa shape index (κ2) is 5.93. The van der Waals surface area contributed by atoms with E-state index in [1.165, 1.54) is 0 Å². The zero-order valence-corrected chi connectivity index (χ0v) is 11.1. The first-order valence-corrected chi connectivity index (χ1v) is 6.61. The van der Waals surface area contributed by atoms with Gasteiger partial charge in [-0.2, -0.15) is 0 Å². The van der Waals surface area contributed by atoms with Crippen LogP contribution < -0.4 is 10.6 Å². The van der Waals surface area contributed by atoms with E-state index in [2.05, 4.69) is 4.90 Å². The molecule has 1 fully saturated rings. The van der Waals surface area contributed by atoms with Crippen LogP contribution in [0.4, 0.5) is 11.4 Å². The van der Waals surface area contributed by atoms with Crippen LogP contribution in [0.2, 0.25) is 0 Å². The molecule has 1 aromatic carbocycles. The van der Waals surface area contributed by atoms with Gasteiger partial charge in [-0.15, -0.1) is 0 Å². The summed E-state index contributed by atoms with van der Waals surface area (Å²) in [4.78, 5) is 13.8. The molecule has 0 spiro atoms. The number of ether oxygens (including phenoxy) is 1. The molecule has 0 amide bonds. The molecule has 0 atom stereocenters. The molecule has 0 bridgehead atoms.